The summed E-state index contributed by atoms with van der Waals surface area (Å²) in [6.07, 6.45) is 0.779. The van der Waals surface area contributed by atoms with Crippen LogP contribution < -0.4 is 4.85 Å². The zero-order valence-electron chi connectivity index (χ0n) is 6.56. The number of aromatic nitrogens is 2. The molecule has 1 aromatic rings. The average molecular weight is 184 g/mol. The van der Waals surface area contributed by atoms with Gasteiger partial charge in [-0.2, -0.15) is 0 Å². The summed E-state index contributed by atoms with van der Waals surface area (Å²) in [5.41, 5.74) is 0.547. The maximum absolute atomic E-state index is 10.9. The monoisotopic (exact) mass is 184 g/mol. The molecule has 0 amide bonds. The first-order valence-electron chi connectivity index (χ1n) is 3.38. The lowest BCUT2D eigenvalue weighted by molar-refractivity contribution is -0.679. The molecule has 0 aromatic carbocycles. The van der Waals surface area contributed by atoms with Crippen LogP contribution in [0.5, 0.6) is 0 Å². The Morgan fingerprint density at radius 2 is 2.50 bits per heavy atom. The Kier molecular flexibility index (Phi) is 3.04. The van der Waals surface area contributed by atoms with Crippen LogP contribution in [0.3, 0.4) is 0 Å². The van der Waals surface area contributed by atoms with Gasteiger partial charge in [0.1, 0.15) is 6.29 Å². The van der Waals surface area contributed by atoms with E-state index in [2.05, 4.69) is 5.10 Å². The summed E-state index contributed by atoms with van der Waals surface area (Å²) in [5, 5.41) is 15.2. The van der Waals surface area contributed by atoms with E-state index in [1.807, 2.05) is 0 Å². The van der Waals surface area contributed by atoms with E-state index < -0.39 is 0 Å². The fraction of sp³-hybridized carbons (Fsp3) is 0.286. The molecule has 1 heterocycles. The number of aryl methyl sites for hydroxylation is 1. The summed E-state index contributed by atoms with van der Waals surface area (Å²) < 4.78 is 0. The first-order chi connectivity index (χ1) is 5.74. The van der Waals surface area contributed by atoms with Crippen molar-refractivity contribution in [2.45, 2.75) is 11.9 Å². The molecule has 0 aliphatic rings. The summed E-state index contributed by atoms with van der Waals surface area (Å²) in [4.78, 5) is 10.5. The molecule has 0 N–H and O–H groups in total. The highest BCUT2D eigenvalue weighted by Crippen LogP contribution is 2.11. The second-order valence-corrected chi connectivity index (χ2v) is 3.20. The molecule has 0 fully saturated rings. The minimum Gasteiger partial charge on any atom is -0.594 e. The zero-order chi connectivity index (χ0) is 8.97. The van der Waals surface area contributed by atoms with Gasteiger partial charge >= 0.3 is 0 Å². The van der Waals surface area contributed by atoms with Crippen LogP contribution in [0.4, 0.5) is 0 Å². The molecule has 0 atom stereocenters. The van der Waals surface area contributed by atoms with Crippen molar-refractivity contribution in [3.05, 3.63) is 23.0 Å². The van der Waals surface area contributed by atoms with Crippen molar-refractivity contribution in [2.75, 3.05) is 5.75 Å². The Morgan fingerprint density at radius 3 is 3.08 bits per heavy atom. The fourth-order valence-corrected chi connectivity index (χ4v) is 1.19. The molecule has 0 bridgehead atoms. The van der Waals surface area contributed by atoms with Crippen molar-refractivity contribution in [3.8, 4) is 0 Å². The van der Waals surface area contributed by atoms with Crippen LogP contribution in [0.2, 0.25) is 0 Å². The molecular formula is C7H8N2O2S. The minimum absolute atomic E-state index is 0.329. The molecule has 0 aliphatic heterocycles. The van der Waals surface area contributed by atoms with Crippen LogP contribution in [0.1, 0.15) is 5.69 Å². The molecule has 0 aliphatic carbocycles. The second kappa shape index (κ2) is 4.06. The number of aldehydes is 1. The minimum atomic E-state index is 0.329. The van der Waals surface area contributed by atoms with Crippen molar-refractivity contribution in [1.82, 2.24) is 5.10 Å². The highest BCUT2D eigenvalue weighted by molar-refractivity contribution is 7.99. The Labute approximate surface area is 74.2 Å². The zero-order valence-corrected chi connectivity index (χ0v) is 7.37. The van der Waals surface area contributed by atoms with E-state index in [0.29, 0.717) is 21.3 Å². The molecule has 0 spiro atoms. The van der Waals surface area contributed by atoms with E-state index in [9.17, 15) is 10.0 Å². The van der Waals surface area contributed by atoms with Gasteiger partial charge in [0.05, 0.1) is 5.75 Å². The van der Waals surface area contributed by atoms with Crippen LogP contribution in [-0.2, 0) is 4.79 Å². The lowest BCUT2D eigenvalue weighted by atomic mass is 10.4. The average Bonchev–Trinajstić information content (AvgIpc) is 2.07. The lowest BCUT2D eigenvalue weighted by Gasteiger charge is -1.98. The summed E-state index contributed by atoms with van der Waals surface area (Å²) >= 11 is 1.24. The van der Waals surface area contributed by atoms with Crippen molar-refractivity contribution in [2.24, 2.45) is 0 Å². The van der Waals surface area contributed by atoms with Gasteiger partial charge in [0.25, 0.3) is 0 Å². The van der Waals surface area contributed by atoms with E-state index in [-0.39, 0.29) is 0 Å². The van der Waals surface area contributed by atoms with Gasteiger partial charge < -0.3 is 10.0 Å². The number of carbonyl (C=O) groups excluding carboxylic acids is 1. The SMILES string of the molecule is Cc1ccc(SCC=O)n[n+]1[O-]. The number of hydrogen-bond donors (Lipinski definition) is 0. The third kappa shape index (κ3) is 2.20. The largest absolute Gasteiger partial charge is 0.594 e. The van der Waals surface area contributed by atoms with Crippen LogP contribution in [0.15, 0.2) is 17.2 Å². The summed E-state index contributed by atoms with van der Waals surface area (Å²) in [6, 6.07) is 3.39. The standard InChI is InChI=1S/C7H8N2O2S/c1-6-2-3-7(8-9(6)11)12-5-4-10/h2-4H,5H2,1H3. The quantitative estimate of drug-likeness (QED) is 0.294. The van der Waals surface area contributed by atoms with E-state index in [1.54, 1.807) is 19.1 Å². The van der Waals surface area contributed by atoms with Gasteiger partial charge in [-0.15, -0.1) is 0 Å². The maximum Gasteiger partial charge on any atom is 0.218 e. The van der Waals surface area contributed by atoms with Gasteiger partial charge in [-0.25, -0.2) is 0 Å². The van der Waals surface area contributed by atoms with Crippen LogP contribution in [0, 0.1) is 12.1 Å². The van der Waals surface area contributed by atoms with Crippen LogP contribution in [0.25, 0.3) is 0 Å². The molecule has 0 saturated carbocycles. The first kappa shape index (κ1) is 8.99. The molecule has 4 nitrogen and oxygen atoms in total. The number of rotatable bonds is 3. The molecule has 0 saturated heterocycles. The normalized spacial score (nSPS) is 9.75. The van der Waals surface area contributed by atoms with E-state index >= 15 is 0 Å². The topological polar surface area (TPSA) is 56.9 Å². The fourth-order valence-electron chi connectivity index (χ4n) is 0.654. The molecular weight excluding hydrogens is 176 g/mol. The molecule has 64 valence electrons. The van der Waals surface area contributed by atoms with Gasteiger partial charge in [-0.05, 0) is 6.07 Å². The number of nitrogens with zero attached hydrogens (tertiary/aromatic N) is 2. The maximum atomic E-state index is 10.9. The third-order valence-corrected chi connectivity index (χ3v) is 2.07. The number of thioether (sulfide) groups is 1. The van der Waals surface area contributed by atoms with Crippen LogP contribution in [-0.4, -0.2) is 17.1 Å². The number of carbonyl (C=O) groups is 1. The molecule has 5 heteroatoms. The molecule has 0 radical (unpaired) electrons. The second-order valence-electron chi connectivity index (χ2n) is 2.16. The Balaban J connectivity index is 2.75. The van der Waals surface area contributed by atoms with Gasteiger partial charge in [-0.3, -0.25) is 0 Å². The first-order valence-corrected chi connectivity index (χ1v) is 4.36. The lowest BCUT2D eigenvalue weighted by Crippen LogP contribution is -2.34. The third-order valence-electron chi connectivity index (χ3n) is 1.26. The highest BCUT2D eigenvalue weighted by Gasteiger charge is 2.02. The van der Waals surface area contributed by atoms with E-state index in [0.717, 1.165) is 6.29 Å². The predicted molar refractivity (Wildman–Crippen MR) is 44.7 cm³/mol. The molecule has 1 rings (SSSR count). The number of hydrogen-bond acceptors (Lipinski definition) is 4. The molecule has 1 aromatic heterocycles. The summed E-state index contributed by atoms with van der Waals surface area (Å²) in [7, 11) is 0. The van der Waals surface area contributed by atoms with Gasteiger partial charge in [0.2, 0.25) is 5.69 Å². The van der Waals surface area contributed by atoms with Gasteiger partial charge in [0.15, 0.2) is 5.03 Å². The highest BCUT2D eigenvalue weighted by atomic mass is 32.2. The summed E-state index contributed by atoms with van der Waals surface area (Å²) in [5.74, 6) is 0.329. The predicted octanol–water partition coefficient (Wildman–Crippen LogP) is 0.314. The van der Waals surface area contributed by atoms with Gasteiger partial charge in [0, 0.05) is 18.1 Å². The van der Waals surface area contributed by atoms with E-state index in [4.69, 9.17) is 0 Å². The Hall–Kier alpha value is -1.10. The van der Waals surface area contributed by atoms with Crippen molar-refractivity contribution < 1.29 is 9.64 Å². The van der Waals surface area contributed by atoms with Crippen molar-refractivity contribution in [1.29, 1.82) is 0 Å². The van der Waals surface area contributed by atoms with Crippen molar-refractivity contribution in [3.63, 3.8) is 0 Å². The Morgan fingerprint density at radius 1 is 1.75 bits per heavy atom. The Bertz CT molecular complexity index is 291. The molecule has 12 heavy (non-hydrogen) atoms. The summed E-state index contributed by atoms with van der Waals surface area (Å²) in [6.45, 7) is 1.67. The van der Waals surface area contributed by atoms with Crippen molar-refractivity contribution >= 4 is 18.0 Å². The van der Waals surface area contributed by atoms with E-state index in [1.165, 1.54) is 11.8 Å². The van der Waals surface area contributed by atoms with Gasteiger partial charge in [-0.1, -0.05) is 16.6 Å². The smallest absolute Gasteiger partial charge is 0.218 e. The molecule has 0 unspecified atom stereocenters. The van der Waals surface area contributed by atoms with Crippen LogP contribution >= 0.6 is 11.8 Å².